The van der Waals surface area contributed by atoms with E-state index in [9.17, 15) is 22.8 Å². The summed E-state index contributed by atoms with van der Waals surface area (Å²) in [6.45, 7) is 1.52. The molecule has 1 atom stereocenters. The molecule has 0 aliphatic heterocycles. The van der Waals surface area contributed by atoms with Gasteiger partial charge in [0.15, 0.2) is 5.82 Å². The third-order valence-corrected chi connectivity index (χ3v) is 5.13. The van der Waals surface area contributed by atoms with Gasteiger partial charge < -0.3 is 11.1 Å². The van der Waals surface area contributed by atoms with Gasteiger partial charge in [0.25, 0.3) is 11.5 Å². The first kappa shape index (κ1) is 23.7. The molecule has 0 aliphatic rings. The average molecular weight is 483 g/mol. The number of amides is 1. The van der Waals surface area contributed by atoms with E-state index in [1.165, 1.54) is 36.1 Å². The van der Waals surface area contributed by atoms with E-state index in [0.29, 0.717) is 17.1 Å². The minimum atomic E-state index is -4.58. The number of nitrogens with zero attached hydrogens (tertiary/aromatic N) is 5. The van der Waals surface area contributed by atoms with Gasteiger partial charge in [0.2, 0.25) is 0 Å². The summed E-state index contributed by atoms with van der Waals surface area (Å²) < 4.78 is 42.0. The van der Waals surface area contributed by atoms with Crippen LogP contribution in [0.3, 0.4) is 0 Å². The van der Waals surface area contributed by atoms with Crippen LogP contribution in [0.1, 0.15) is 34.6 Å². The third kappa shape index (κ3) is 5.21. The van der Waals surface area contributed by atoms with Crippen LogP contribution in [0.15, 0.2) is 65.7 Å². The smallest absolute Gasteiger partial charge is 0.399 e. The van der Waals surface area contributed by atoms with Crippen LogP contribution in [0.4, 0.5) is 18.9 Å². The van der Waals surface area contributed by atoms with E-state index in [1.807, 2.05) is 0 Å². The molecule has 4 aromatic rings. The number of nitrogens with one attached hydrogen (secondary N) is 1. The molecule has 2 aromatic carbocycles. The van der Waals surface area contributed by atoms with Crippen molar-refractivity contribution < 1.29 is 18.0 Å². The van der Waals surface area contributed by atoms with Crippen LogP contribution >= 0.6 is 0 Å². The molecule has 2 aromatic heterocycles. The maximum atomic E-state index is 13.1. The van der Waals surface area contributed by atoms with Gasteiger partial charge in [0, 0.05) is 24.4 Å². The van der Waals surface area contributed by atoms with E-state index in [-0.39, 0.29) is 16.9 Å². The summed E-state index contributed by atoms with van der Waals surface area (Å²) in [6.07, 6.45) is -3.04. The molecule has 12 heteroatoms. The summed E-state index contributed by atoms with van der Waals surface area (Å²) >= 11 is 0. The fourth-order valence-corrected chi connectivity index (χ4v) is 3.41. The van der Waals surface area contributed by atoms with E-state index < -0.39 is 29.2 Å². The van der Waals surface area contributed by atoms with Gasteiger partial charge in [-0.15, -0.1) is 0 Å². The number of nitrogen functional groups attached to an aromatic ring is 1. The molecule has 2 heterocycles. The first-order valence-corrected chi connectivity index (χ1v) is 10.4. The van der Waals surface area contributed by atoms with Crippen LogP contribution < -0.4 is 16.6 Å². The van der Waals surface area contributed by atoms with Gasteiger partial charge in [0.05, 0.1) is 17.3 Å². The number of hydrogen-bond acceptors (Lipinski definition) is 6. The molecule has 0 fully saturated rings. The number of aromatic nitrogens is 5. The molecular formula is C23H20F3N7O2. The maximum absolute atomic E-state index is 13.1. The fraction of sp³-hybridized carbons (Fsp3) is 0.174. The molecule has 0 unspecified atom stereocenters. The molecule has 3 N–H and O–H groups in total. The lowest BCUT2D eigenvalue weighted by molar-refractivity contribution is -0.137. The normalized spacial score (nSPS) is 12.4. The second-order valence-corrected chi connectivity index (χ2v) is 7.84. The quantitative estimate of drug-likeness (QED) is 0.421. The molecule has 0 radical (unpaired) electrons. The molecule has 4 rings (SSSR count). The fourth-order valence-electron chi connectivity index (χ4n) is 3.41. The molecule has 0 saturated heterocycles. The SMILES string of the molecule is C[C@@H](NC(=O)c1ccc(=O)n(-c2cccc(-c3ncn(C)n3)c2)n1)c1cc(N)cc(C(F)(F)F)c1. The van der Waals surface area contributed by atoms with Gasteiger partial charge in [-0.2, -0.15) is 28.1 Å². The van der Waals surface area contributed by atoms with Crippen LogP contribution in [0.5, 0.6) is 0 Å². The third-order valence-electron chi connectivity index (χ3n) is 5.13. The van der Waals surface area contributed by atoms with Crippen molar-refractivity contribution >= 4 is 11.6 Å². The molecule has 9 nitrogen and oxygen atoms in total. The lowest BCUT2D eigenvalue weighted by atomic mass is 10.0. The minimum Gasteiger partial charge on any atom is -0.399 e. The van der Waals surface area contributed by atoms with Crippen LogP contribution in [0, 0.1) is 0 Å². The van der Waals surface area contributed by atoms with Gasteiger partial charge >= 0.3 is 6.18 Å². The first-order valence-electron chi connectivity index (χ1n) is 10.4. The summed E-state index contributed by atoms with van der Waals surface area (Å²) in [4.78, 5) is 29.5. The highest BCUT2D eigenvalue weighted by Gasteiger charge is 2.31. The number of aryl methyl sites for hydroxylation is 1. The van der Waals surface area contributed by atoms with Crippen LogP contribution in [-0.4, -0.2) is 30.5 Å². The summed E-state index contributed by atoms with van der Waals surface area (Å²) in [5.41, 5.74) is 5.25. The maximum Gasteiger partial charge on any atom is 0.416 e. The van der Waals surface area contributed by atoms with Gasteiger partial charge in [-0.05, 0) is 48.9 Å². The summed E-state index contributed by atoms with van der Waals surface area (Å²) in [5, 5.41) is 11.0. The Kier molecular flexibility index (Phi) is 6.12. The highest BCUT2D eigenvalue weighted by atomic mass is 19.4. The zero-order valence-corrected chi connectivity index (χ0v) is 18.6. The Morgan fingerprint density at radius 1 is 1.09 bits per heavy atom. The highest BCUT2D eigenvalue weighted by Crippen LogP contribution is 2.32. The standard InChI is InChI=1S/C23H20F3N7O2/c1-13(15-8-16(23(24,25)26)11-17(27)9-15)29-22(35)19-6-7-20(34)33(30-19)18-5-3-4-14(10-18)21-28-12-32(2)31-21/h3-13H,27H2,1-2H3,(H,29,35)/t13-/m1/s1. The number of benzene rings is 2. The lowest BCUT2D eigenvalue weighted by Crippen LogP contribution is -2.30. The van der Waals surface area contributed by atoms with E-state index in [0.717, 1.165) is 16.8 Å². The number of nitrogens with two attached hydrogens (primary N) is 1. The van der Waals surface area contributed by atoms with E-state index in [2.05, 4.69) is 20.5 Å². The van der Waals surface area contributed by atoms with Crippen molar-refractivity contribution in [3.63, 3.8) is 0 Å². The van der Waals surface area contributed by atoms with Gasteiger partial charge in [0.1, 0.15) is 12.0 Å². The Labute approximate surface area is 197 Å². The van der Waals surface area contributed by atoms with Gasteiger partial charge in [-0.25, -0.2) is 4.98 Å². The number of carbonyl (C=O) groups excluding carboxylic acids is 1. The second kappa shape index (κ2) is 9.05. The van der Waals surface area contributed by atoms with Crippen molar-refractivity contribution in [2.45, 2.75) is 19.1 Å². The predicted molar refractivity (Wildman–Crippen MR) is 122 cm³/mol. The Hall–Kier alpha value is -4.48. The summed E-state index contributed by atoms with van der Waals surface area (Å²) in [5.74, 6) is -0.227. The number of anilines is 1. The molecule has 35 heavy (non-hydrogen) atoms. The van der Waals surface area contributed by atoms with Crippen molar-refractivity contribution in [3.05, 3.63) is 88.1 Å². The van der Waals surface area contributed by atoms with Crippen molar-refractivity contribution in [1.82, 2.24) is 29.9 Å². The summed E-state index contributed by atoms with van der Waals surface area (Å²) in [7, 11) is 1.73. The van der Waals surface area contributed by atoms with Gasteiger partial charge in [-0.1, -0.05) is 12.1 Å². The topological polar surface area (TPSA) is 121 Å². The Bertz CT molecular complexity index is 1460. The van der Waals surface area contributed by atoms with Crippen molar-refractivity contribution in [2.75, 3.05) is 5.73 Å². The monoisotopic (exact) mass is 483 g/mol. The number of hydrogen-bond donors (Lipinski definition) is 2. The first-order chi connectivity index (χ1) is 16.5. The number of alkyl halides is 3. The molecule has 0 aliphatic carbocycles. The molecular weight excluding hydrogens is 463 g/mol. The molecule has 180 valence electrons. The predicted octanol–water partition coefficient (Wildman–Crippen LogP) is 3.12. The Morgan fingerprint density at radius 3 is 2.54 bits per heavy atom. The molecule has 0 bridgehead atoms. The highest BCUT2D eigenvalue weighted by molar-refractivity contribution is 5.92. The zero-order chi connectivity index (χ0) is 25.3. The molecule has 0 saturated carbocycles. The summed E-state index contributed by atoms with van der Waals surface area (Å²) in [6, 6.07) is 11.5. The number of carbonyl (C=O) groups is 1. The van der Waals surface area contributed by atoms with E-state index >= 15 is 0 Å². The van der Waals surface area contributed by atoms with Crippen molar-refractivity contribution in [3.8, 4) is 17.1 Å². The lowest BCUT2D eigenvalue weighted by Gasteiger charge is -2.17. The minimum absolute atomic E-state index is 0.0788. The van der Waals surface area contributed by atoms with Crippen molar-refractivity contribution in [2.24, 2.45) is 7.05 Å². The largest absolute Gasteiger partial charge is 0.416 e. The second-order valence-electron chi connectivity index (χ2n) is 7.84. The Morgan fingerprint density at radius 2 is 1.86 bits per heavy atom. The van der Waals surface area contributed by atoms with Crippen LogP contribution in [0.25, 0.3) is 17.1 Å². The van der Waals surface area contributed by atoms with E-state index in [1.54, 1.807) is 31.3 Å². The average Bonchev–Trinajstić information content (AvgIpc) is 3.24. The number of halogens is 3. The van der Waals surface area contributed by atoms with E-state index in [4.69, 9.17) is 5.73 Å². The Balaban J connectivity index is 1.60. The number of rotatable bonds is 5. The van der Waals surface area contributed by atoms with Crippen LogP contribution in [0.2, 0.25) is 0 Å². The van der Waals surface area contributed by atoms with Crippen molar-refractivity contribution in [1.29, 1.82) is 0 Å². The zero-order valence-electron chi connectivity index (χ0n) is 18.6. The van der Waals surface area contributed by atoms with Gasteiger partial charge in [-0.3, -0.25) is 14.3 Å². The molecule has 1 amide bonds. The van der Waals surface area contributed by atoms with Crippen LogP contribution in [-0.2, 0) is 13.2 Å². The molecule has 0 spiro atoms.